The number of rotatable bonds is 3. The van der Waals surface area contributed by atoms with Crippen LogP contribution >= 0.6 is 34.8 Å². The standard InChI is InChI=1S/C17H11Cl3N2/c18-13-8-15(19)17(16(20)9-13)22-21-10-12-6-3-5-11-4-1-2-7-14(11)12/h1-10,22H. The second kappa shape index (κ2) is 6.57. The van der Waals surface area contributed by atoms with Crippen molar-refractivity contribution in [3.05, 3.63) is 75.2 Å². The molecule has 5 heteroatoms. The number of hydrazone groups is 1. The number of nitrogens with one attached hydrogen (secondary N) is 1. The molecular weight excluding hydrogens is 339 g/mol. The molecule has 0 unspecified atom stereocenters. The summed E-state index contributed by atoms with van der Waals surface area (Å²) in [4.78, 5) is 0. The zero-order valence-electron chi connectivity index (χ0n) is 11.4. The van der Waals surface area contributed by atoms with E-state index in [0.29, 0.717) is 20.8 Å². The summed E-state index contributed by atoms with van der Waals surface area (Å²) < 4.78 is 0. The largest absolute Gasteiger partial charge is 0.275 e. The van der Waals surface area contributed by atoms with Crippen molar-refractivity contribution >= 4 is 57.5 Å². The van der Waals surface area contributed by atoms with Gasteiger partial charge < -0.3 is 0 Å². The first-order valence-electron chi connectivity index (χ1n) is 6.56. The second-order valence-electron chi connectivity index (χ2n) is 4.68. The fraction of sp³-hybridized carbons (Fsp3) is 0. The van der Waals surface area contributed by atoms with Crippen molar-refractivity contribution in [1.82, 2.24) is 0 Å². The Bertz CT molecular complexity index is 831. The zero-order chi connectivity index (χ0) is 15.5. The van der Waals surface area contributed by atoms with E-state index in [9.17, 15) is 0 Å². The fourth-order valence-electron chi connectivity index (χ4n) is 2.18. The molecule has 0 saturated heterocycles. The normalized spacial score (nSPS) is 11.2. The minimum absolute atomic E-state index is 0.424. The molecule has 0 bridgehead atoms. The Hall–Kier alpha value is -1.74. The maximum atomic E-state index is 6.11. The van der Waals surface area contributed by atoms with E-state index in [4.69, 9.17) is 34.8 Å². The van der Waals surface area contributed by atoms with Crippen LogP contribution in [-0.4, -0.2) is 6.21 Å². The summed E-state index contributed by atoms with van der Waals surface area (Å²) in [6.07, 6.45) is 1.74. The lowest BCUT2D eigenvalue weighted by Gasteiger charge is -2.07. The number of anilines is 1. The number of hydrogen-bond donors (Lipinski definition) is 1. The van der Waals surface area contributed by atoms with E-state index >= 15 is 0 Å². The van der Waals surface area contributed by atoms with Crippen LogP contribution < -0.4 is 5.43 Å². The Kier molecular flexibility index (Phi) is 4.53. The molecule has 0 radical (unpaired) electrons. The van der Waals surface area contributed by atoms with Crippen molar-refractivity contribution < 1.29 is 0 Å². The molecule has 1 N–H and O–H groups in total. The van der Waals surface area contributed by atoms with Gasteiger partial charge >= 0.3 is 0 Å². The molecule has 3 aromatic rings. The molecule has 0 saturated carbocycles. The molecule has 110 valence electrons. The SMILES string of the molecule is Clc1cc(Cl)c(NN=Cc2cccc3ccccc23)c(Cl)c1. The summed E-state index contributed by atoms with van der Waals surface area (Å²) in [5.74, 6) is 0. The minimum Gasteiger partial charge on any atom is -0.275 e. The Labute approximate surface area is 143 Å². The Balaban J connectivity index is 1.89. The average molecular weight is 350 g/mol. The highest BCUT2D eigenvalue weighted by atomic mass is 35.5. The molecule has 0 aliphatic heterocycles. The first-order valence-corrected chi connectivity index (χ1v) is 7.70. The molecule has 0 amide bonds. The molecule has 0 aliphatic rings. The van der Waals surface area contributed by atoms with E-state index in [1.807, 2.05) is 24.3 Å². The van der Waals surface area contributed by atoms with E-state index in [2.05, 4.69) is 28.7 Å². The number of fused-ring (bicyclic) bond motifs is 1. The van der Waals surface area contributed by atoms with Gasteiger partial charge in [0, 0.05) is 10.6 Å². The van der Waals surface area contributed by atoms with Gasteiger partial charge in [-0.05, 0) is 22.9 Å². The van der Waals surface area contributed by atoms with Crippen molar-refractivity contribution in [3.8, 4) is 0 Å². The molecule has 3 rings (SSSR count). The van der Waals surface area contributed by atoms with Crippen molar-refractivity contribution in [3.63, 3.8) is 0 Å². The molecule has 3 aromatic carbocycles. The highest BCUT2D eigenvalue weighted by molar-refractivity contribution is 6.41. The highest BCUT2D eigenvalue weighted by Gasteiger charge is 2.06. The summed E-state index contributed by atoms with van der Waals surface area (Å²) in [5.41, 5.74) is 4.41. The topological polar surface area (TPSA) is 24.4 Å². The molecule has 22 heavy (non-hydrogen) atoms. The van der Waals surface area contributed by atoms with Crippen LogP contribution in [0.2, 0.25) is 15.1 Å². The van der Waals surface area contributed by atoms with E-state index in [-0.39, 0.29) is 0 Å². The third kappa shape index (κ3) is 3.20. The minimum atomic E-state index is 0.424. The quantitative estimate of drug-likeness (QED) is 0.439. The molecular formula is C17H11Cl3N2. The molecule has 0 aliphatic carbocycles. The number of nitrogens with zero attached hydrogens (tertiary/aromatic N) is 1. The molecule has 0 fully saturated rings. The van der Waals surface area contributed by atoms with Crippen LogP contribution in [0.15, 0.2) is 59.7 Å². The van der Waals surface area contributed by atoms with Gasteiger partial charge in [-0.2, -0.15) is 5.10 Å². The van der Waals surface area contributed by atoms with Gasteiger partial charge in [-0.15, -0.1) is 0 Å². The Morgan fingerprint density at radius 1 is 0.864 bits per heavy atom. The van der Waals surface area contributed by atoms with Gasteiger partial charge in [-0.1, -0.05) is 77.3 Å². The maximum absolute atomic E-state index is 6.11. The van der Waals surface area contributed by atoms with Crippen LogP contribution in [0, 0.1) is 0 Å². The van der Waals surface area contributed by atoms with E-state index in [1.165, 1.54) is 0 Å². The lowest BCUT2D eigenvalue weighted by molar-refractivity contribution is 1.35. The van der Waals surface area contributed by atoms with Crippen molar-refractivity contribution in [2.75, 3.05) is 5.43 Å². The van der Waals surface area contributed by atoms with E-state index < -0.39 is 0 Å². The van der Waals surface area contributed by atoms with Gasteiger partial charge in [0.25, 0.3) is 0 Å². The molecule has 0 atom stereocenters. The van der Waals surface area contributed by atoms with Gasteiger partial charge in [0.15, 0.2) is 0 Å². The summed E-state index contributed by atoms with van der Waals surface area (Å²) >= 11 is 18.1. The Morgan fingerprint density at radius 2 is 1.55 bits per heavy atom. The van der Waals surface area contributed by atoms with Crippen LogP contribution in [0.3, 0.4) is 0 Å². The number of benzene rings is 3. The van der Waals surface area contributed by atoms with Crippen LogP contribution in [0.1, 0.15) is 5.56 Å². The number of hydrogen-bond acceptors (Lipinski definition) is 2. The van der Waals surface area contributed by atoms with Gasteiger partial charge in [0.1, 0.15) is 0 Å². The van der Waals surface area contributed by atoms with E-state index in [1.54, 1.807) is 18.3 Å². The lowest BCUT2D eigenvalue weighted by Crippen LogP contribution is -1.93. The van der Waals surface area contributed by atoms with Gasteiger partial charge in [-0.3, -0.25) is 5.43 Å². The lowest BCUT2D eigenvalue weighted by atomic mass is 10.1. The van der Waals surface area contributed by atoms with Crippen LogP contribution in [0.5, 0.6) is 0 Å². The summed E-state index contributed by atoms with van der Waals surface area (Å²) in [7, 11) is 0. The zero-order valence-corrected chi connectivity index (χ0v) is 13.6. The highest BCUT2D eigenvalue weighted by Crippen LogP contribution is 2.33. The predicted molar refractivity (Wildman–Crippen MR) is 96.6 cm³/mol. The van der Waals surface area contributed by atoms with Crippen molar-refractivity contribution in [2.45, 2.75) is 0 Å². The number of halogens is 3. The van der Waals surface area contributed by atoms with Crippen molar-refractivity contribution in [2.24, 2.45) is 5.10 Å². The van der Waals surface area contributed by atoms with Crippen LogP contribution in [0.4, 0.5) is 5.69 Å². The predicted octanol–water partition coefficient (Wildman–Crippen LogP) is 6.25. The first-order chi connectivity index (χ1) is 10.6. The molecule has 0 aromatic heterocycles. The van der Waals surface area contributed by atoms with Crippen LogP contribution in [-0.2, 0) is 0 Å². The van der Waals surface area contributed by atoms with Gasteiger partial charge in [0.2, 0.25) is 0 Å². The monoisotopic (exact) mass is 348 g/mol. The van der Waals surface area contributed by atoms with Gasteiger partial charge in [-0.25, -0.2) is 0 Å². The molecule has 0 spiro atoms. The van der Waals surface area contributed by atoms with Crippen molar-refractivity contribution in [1.29, 1.82) is 0 Å². The molecule has 0 heterocycles. The van der Waals surface area contributed by atoms with Crippen LogP contribution in [0.25, 0.3) is 10.8 Å². The fourth-order valence-corrected chi connectivity index (χ4v) is 3.08. The second-order valence-corrected chi connectivity index (χ2v) is 5.93. The maximum Gasteiger partial charge on any atom is 0.0935 e. The first kappa shape index (κ1) is 15.2. The summed E-state index contributed by atoms with van der Waals surface area (Å²) in [5, 5.41) is 7.85. The Morgan fingerprint density at radius 3 is 2.32 bits per heavy atom. The third-order valence-electron chi connectivity index (χ3n) is 3.21. The molecule has 2 nitrogen and oxygen atoms in total. The van der Waals surface area contributed by atoms with E-state index in [0.717, 1.165) is 16.3 Å². The average Bonchev–Trinajstić information content (AvgIpc) is 2.50. The smallest absolute Gasteiger partial charge is 0.0935 e. The summed E-state index contributed by atoms with van der Waals surface area (Å²) in [6, 6.07) is 17.4. The third-order valence-corrected chi connectivity index (χ3v) is 4.02. The van der Waals surface area contributed by atoms with Gasteiger partial charge in [0.05, 0.1) is 21.9 Å². The summed E-state index contributed by atoms with van der Waals surface area (Å²) in [6.45, 7) is 0.